The largest absolute Gasteiger partial charge is 0.762 e. The summed E-state index contributed by atoms with van der Waals surface area (Å²) in [6.45, 7) is 0. The van der Waals surface area contributed by atoms with Crippen LogP contribution in [0.3, 0.4) is 0 Å². The van der Waals surface area contributed by atoms with Gasteiger partial charge < -0.3 is 5.11 Å². The summed E-state index contributed by atoms with van der Waals surface area (Å²) in [5.74, 6) is -1.62. The Morgan fingerprint density at radius 3 is 2.64 bits per heavy atom. The molecule has 1 aliphatic heterocycles. The summed E-state index contributed by atoms with van der Waals surface area (Å²) >= 11 is 0. The minimum Gasteiger partial charge on any atom is -0.762 e. The molecule has 0 saturated carbocycles. The van der Waals surface area contributed by atoms with Crippen LogP contribution < -0.4 is 15.8 Å². The summed E-state index contributed by atoms with van der Waals surface area (Å²) in [6.07, 6.45) is 3.49. The minimum atomic E-state index is -1.62. The van der Waals surface area contributed by atoms with E-state index in [1.54, 1.807) is 6.08 Å². The van der Waals surface area contributed by atoms with Crippen molar-refractivity contribution in [2.45, 2.75) is 5.79 Å². The van der Waals surface area contributed by atoms with E-state index in [4.69, 9.17) is 4.42 Å². The highest BCUT2D eigenvalue weighted by Crippen LogP contribution is 2.34. The fourth-order valence-corrected chi connectivity index (χ4v) is 3.49. The topological polar surface area (TPSA) is 34.4 Å². The lowest BCUT2D eigenvalue weighted by Gasteiger charge is -2.26. The van der Waals surface area contributed by atoms with Gasteiger partial charge in [-0.15, -0.1) is 0 Å². The van der Waals surface area contributed by atoms with Crippen molar-refractivity contribution in [3.63, 3.8) is 0 Å². The molecule has 5 rings (SSSR count). The van der Waals surface area contributed by atoms with E-state index in [1.807, 2.05) is 54.6 Å². The summed E-state index contributed by atoms with van der Waals surface area (Å²) in [7, 11) is 0. The zero-order valence-corrected chi connectivity index (χ0v) is 11.7. The first-order valence-electron chi connectivity index (χ1n) is 7.34. The Morgan fingerprint density at radius 1 is 0.864 bits per heavy atom. The van der Waals surface area contributed by atoms with Gasteiger partial charge in [-0.1, -0.05) is 48.5 Å². The SMILES string of the molecule is [O-][C@]12C=Cc3ccccc3C1=c1c(ccc3ccccc13)=[O+]2. The number of hydrogen-bond donors (Lipinski definition) is 0. The number of benzene rings is 3. The van der Waals surface area contributed by atoms with E-state index in [1.165, 1.54) is 0 Å². The van der Waals surface area contributed by atoms with Crippen LogP contribution in [0.2, 0.25) is 0 Å². The molecule has 1 atom stereocenters. The Morgan fingerprint density at radius 2 is 1.68 bits per heavy atom. The van der Waals surface area contributed by atoms with Gasteiger partial charge in [-0.25, -0.2) is 0 Å². The Balaban J connectivity index is 2.08. The summed E-state index contributed by atoms with van der Waals surface area (Å²) in [5.41, 5.74) is 3.44. The van der Waals surface area contributed by atoms with Crippen LogP contribution in [0.25, 0.3) is 22.4 Å². The van der Waals surface area contributed by atoms with Gasteiger partial charge in [-0.2, -0.15) is 0 Å². The summed E-state index contributed by atoms with van der Waals surface area (Å²) in [6, 6.07) is 20.0. The van der Waals surface area contributed by atoms with Gasteiger partial charge in [0.2, 0.25) is 0 Å². The molecule has 0 amide bonds. The fraction of sp³-hybridized carbons (Fsp3) is 0.0500. The van der Waals surface area contributed by atoms with E-state index in [9.17, 15) is 5.11 Å². The maximum absolute atomic E-state index is 13.2. The predicted molar refractivity (Wildman–Crippen MR) is 86.2 cm³/mol. The summed E-state index contributed by atoms with van der Waals surface area (Å²) in [4.78, 5) is 0. The molecule has 0 spiro atoms. The van der Waals surface area contributed by atoms with E-state index in [0.29, 0.717) is 5.43 Å². The standard InChI is InChI=1S/C20H12O2/c21-20-12-11-14-6-2-4-8-16(14)19(20)18-15-7-3-1-5-13(15)9-10-17(18)22-20/h1-12H/t20-/m0/s1. The van der Waals surface area contributed by atoms with Gasteiger partial charge in [0.05, 0.1) is 10.8 Å². The third-order valence-corrected chi connectivity index (χ3v) is 4.46. The average Bonchev–Trinajstić information content (AvgIpc) is 2.88. The van der Waals surface area contributed by atoms with Crippen LogP contribution in [-0.4, -0.2) is 5.79 Å². The van der Waals surface area contributed by atoms with Crippen molar-refractivity contribution < 1.29 is 5.11 Å². The second-order valence-electron chi connectivity index (χ2n) is 5.72. The van der Waals surface area contributed by atoms with Crippen molar-refractivity contribution in [2.24, 2.45) is 0 Å². The van der Waals surface area contributed by atoms with Crippen LogP contribution in [0.15, 0.2) is 71.2 Å². The molecular weight excluding hydrogens is 272 g/mol. The third kappa shape index (κ3) is 1.40. The Bertz CT molecular complexity index is 1090. The molecule has 2 aliphatic rings. The lowest BCUT2D eigenvalue weighted by atomic mass is 9.86. The molecule has 0 radical (unpaired) electrons. The first kappa shape index (κ1) is 11.9. The first-order chi connectivity index (χ1) is 10.8. The van der Waals surface area contributed by atoms with Crippen LogP contribution >= 0.6 is 0 Å². The smallest absolute Gasteiger partial charge is 0.351 e. The second kappa shape index (κ2) is 3.93. The fourth-order valence-electron chi connectivity index (χ4n) is 3.49. The normalized spacial score (nSPS) is 21.2. The Hall–Kier alpha value is -2.71. The maximum Gasteiger partial charge on any atom is 0.351 e. The van der Waals surface area contributed by atoms with Gasteiger partial charge >= 0.3 is 5.43 Å². The monoisotopic (exact) mass is 284 g/mol. The van der Waals surface area contributed by atoms with E-state index in [2.05, 4.69) is 12.1 Å². The highest BCUT2D eigenvalue weighted by Gasteiger charge is 2.41. The summed E-state index contributed by atoms with van der Waals surface area (Å²) < 4.78 is 5.78. The lowest BCUT2D eigenvalue weighted by molar-refractivity contribution is -0.422. The molecule has 3 aromatic rings. The van der Waals surface area contributed by atoms with Gasteiger partial charge in [0, 0.05) is 12.1 Å². The number of hydrogen-bond acceptors (Lipinski definition) is 1. The molecule has 0 N–H and O–H groups in total. The van der Waals surface area contributed by atoms with Crippen LogP contribution in [-0.2, 0) is 0 Å². The average molecular weight is 284 g/mol. The van der Waals surface area contributed by atoms with Gasteiger partial charge in [-0.05, 0) is 34.0 Å². The second-order valence-corrected chi connectivity index (χ2v) is 5.72. The molecule has 104 valence electrons. The molecule has 1 heterocycles. The first-order valence-corrected chi connectivity index (χ1v) is 7.34. The van der Waals surface area contributed by atoms with Gasteiger partial charge in [-0.3, -0.25) is 4.42 Å². The summed E-state index contributed by atoms with van der Waals surface area (Å²) in [5, 5.41) is 16.3. The van der Waals surface area contributed by atoms with Crippen LogP contribution in [0.4, 0.5) is 0 Å². The molecule has 0 fully saturated rings. The highest BCUT2D eigenvalue weighted by molar-refractivity contribution is 5.93. The molecule has 3 aromatic carbocycles. The van der Waals surface area contributed by atoms with Crippen molar-refractivity contribution in [1.29, 1.82) is 0 Å². The Labute approximate surface area is 127 Å². The van der Waals surface area contributed by atoms with Crippen LogP contribution in [0.5, 0.6) is 0 Å². The lowest BCUT2D eigenvalue weighted by Crippen LogP contribution is -2.42. The quantitative estimate of drug-likeness (QED) is 0.579. The highest BCUT2D eigenvalue weighted by atomic mass is 16.6. The minimum absolute atomic E-state index is 0.671. The molecule has 0 aromatic heterocycles. The van der Waals surface area contributed by atoms with Gasteiger partial charge in [0.1, 0.15) is 0 Å². The number of rotatable bonds is 0. The van der Waals surface area contributed by atoms with E-state index in [0.717, 1.165) is 32.7 Å². The van der Waals surface area contributed by atoms with Crippen molar-refractivity contribution in [2.75, 3.05) is 0 Å². The van der Waals surface area contributed by atoms with Crippen molar-refractivity contribution in [3.8, 4) is 0 Å². The molecule has 2 nitrogen and oxygen atoms in total. The predicted octanol–water partition coefficient (Wildman–Crippen LogP) is 1.75. The van der Waals surface area contributed by atoms with Crippen molar-refractivity contribution >= 4 is 22.4 Å². The molecule has 0 saturated heterocycles. The Kier molecular flexibility index (Phi) is 2.13. The van der Waals surface area contributed by atoms with Crippen LogP contribution in [0, 0.1) is 0 Å². The number of fused-ring (bicyclic) bond motifs is 6. The molecule has 0 unspecified atom stereocenters. The van der Waals surface area contributed by atoms with Gasteiger partial charge in [0.15, 0.2) is 0 Å². The van der Waals surface area contributed by atoms with Gasteiger partial charge in [0.25, 0.3) is 5.79 Å². The maximum atomic E-state index is 13.2. The third-order valence-electron chi connectivity index (χ3n) is 4.46. The van der Waals surface area contributed by atoms with Crippen molar-refractivity contribution in [1.82, 2.24) is 0 Å². The molecule has 0 bridgehead atoms. The van der Waals surface area contributed by atoms with E-state index >= 15 is 0 Å². The zero-order valence-electron chi connectivity index (χ0n) is 11.7. The van der Waals surface area contributed by atoms with E-state index in [-0.39, 0.29) is 0 Å². The van der Waals surface area contributed by atoms with E-state index < -0.39 is 5.79 Å². The van der Waals surface area contributed by atoms with Crippen LogP contribution in [0.1, 0.15) is 11.1 Å². The molecular formula is C20H12O2. The zero-order chi connectivity index (χ0) is 14.7. The molecule has 2 heteroatoms. The van der Waals surface area contributed by atoms with Crippen molar-refractivity contribution in [3.05, 3.63) is 92.9 Å². The molecule has 22 heavy (non-hydrogen) atoms. The molecule has 1 aliphatic carbocycles.